The quantitative estimate of drug-likeness (QED) is 0.642. The lowest BCUT2D eigenvalue weighted by Gasteiger charge is -2.58. The third-order valence-corrected chi connectivity index (χ3v) is 6.90. The predicted octanol–water partition coefficient (Wildman–Crippen LogP) is 3.59. The highest BCUT2D eigenvalue weighted by molar-refractivity contribution is 6.01. The van der Waals surface area contributed by atoms with Gasteiger partial charge in [0.05, 0.1) is 0 Å². The largest absolute Gasteiger partial charge is 0.459 e. The SMILES string of the molecule is C[C@]12C=CC(=O)C=C1CC[C@H]1[C@H]2CC[C@]2(C)OC(=O)CC[C@@H]12. The topological polar surface area (TPSA) is 43.4 Å². The Morgan fingerprint density at radius 2 is 1.91 bits per heavy atom. The molecule has 0 spiro atoms. The summed E-state index contributed by atoms with van der Waals surface area (Å²) in [6.45, 7) is 4.44. The fourth-order valence-electron chi connectivity index (χ4n) is 5.72. The molecule has 0 amide bonds. The van der Waals surface area contributed by atoms with Gasteiger partial charge in [0.1, 0.15) is 5.60 Å². The normalized spacial score (nSPS) is 47.0. The van der Waals surface area contributed by atoms with Crippen molar-refractivity contribution in [3.8, 4) is 0 Å². The highest BCUT2D eigenvalue weighted by Gasteiger charge is 2.56. The minimum Gasteiger partial charge on any atom is -0.459 e. The number of ketones is 1. The van der Waals surface area contributed by atoms with Crippen molar-refractivity contribution in [2.24, 2.45) is 23.2 Å². The molecule has 3 nitrogen and oxygen atoms in total. The molecule has 5 atom stereocenters. The van der Waals surface area contributed by atoms with E-state index >= 15 is 0 Å². The molecule has 3 fully saturated rings. The maximum atomic E-state index is 11.7. The van der Waals surface area contributed by atoms with Crippen LogP contribution < -0.4 is 0 Å². The maximum absolute atomic E-state index is 11.7. The Balaban J connectivity index is 1.68. The summed E-state index contributed by atoms with van der Waals surface area (Å²) in [5.41, 5.74) is 1.08. The summed E-state index contributed by atoms with van der Waals surface area (Å²) in [4.78, 5) is 23.4. The summed E-state index contributed by atoms with van der Waals surface area (Å²) in [6.07, 6.45) is 11.5. The van der Waals surface area contributed by atoms with E-state index in [4.69, 9.17) is 4.74 Å². The number of allylic oxidation sites excluding steroid dienone is 4. The number of ether oxygens (including phenoxy) is 1. The van der Waals surface area contributed by atoms with Crippen LogP contribution in [0.1, 0.15) is 52.4 Å². The van der Waals surface area contributed by atoms with Gasteiger partial charge in [0.25, 0.3) is 0 Å². The number of rotatable bonds is 0. The van der Waals surface area contributed by atoms with Crippen LogP contribution in [0.3, 0.4) is 0 Å². The van der Waals surface area contributed by atoms with E-state index in [1.807, 2.05) is 6.08 Å². The molecule has 4 rings (SSSR count). The molecule has 0 aromatic carbocycles. The molecule has 0 bridgehead atoms. The van der Waals surface area contributed by atoms with Crippen LogP contribution in [0.5, 0.6) is 0 Å². The molecule has 1 saturated heterocycles. The molecule has 118 valence electrons. The first kappa shape index (κ1) is 14.2. The van der Waals surface area contributed by atoms with E-state index in [9.17, 15) is 9.59 Å². The average Bonchev–Trinajstić information content (AvgIpc) is 2.46. The van der Waals surface area contributed by atoms with Crippen LogP contribution in [0.2, 0.25) is 0 Å². The first-order valence-electron chi connectivity index (χ1n) is 8.58. The summed E-state index contributed by atoms with van der Waals surface area (Å²) in [6, 6.07) is 0. The van der Waals surface area contributed by atoms with Crippen molar-refractivity contribution in [2.75, 3.05) is 0 Å². The Hall–Kier alpha value is -1.38. The summed E-state index contributed by atoms with van der Waals surface area (Å²) in [5, 5.41) is 0. The zero-order chi connectivity index (χ0) is 15.5. The first-order valence-corrected chi connectivity index (χ1v) is 8.58. The van der Waals surface area contributed by atoms with Gasteiger partial charge in [0.2, 0.25) is 0 Å². The number of carbonyl (C=O) groups excluding carboxylic acids is 2. The molecule has 0 aromatic rings. The summed E-state index contributed by atoms with van der Waals surface area (Å²) in [5.74, 6) is 1.77. The minimum absolute atomic E-state index is 0.0250. The van der Waals surface area contributed by atoms with Crippen molar-refractivity contribution in [2.45, 2.75) is 58.0 Å². The molecule has 0 radical (unpaired) electrons. The van der Waals surface area contributed by atoms with Crippen LogP contribution >= 0.6 is 0 Å². The van der Waals surface area contributed by atoms with Crippen LogP contribution in [0, 0.1) is 23.2 Å². The van der Waals surface area contributed by atoms with Gasteiger partial charge < -0.3 is 4.74 Å². The van der Waals surface area contributed by atoms with Crippen molar-refractivity contribution in [3.05, 3.63) is 23.8 Å². The zero-order valence-electron chi connectivity index (χ0n) is 13.4. The van der Waals surface area contributed by atoms with E-state index in [1.54, 1.807) is 6.08 Å². The average molecular weight is 300 g/mol. The van der Waals surface area contributed by atoms with Crippen LogP contribution in [0.4, 0.5) is 0 Å². The minimum atomic E-state index is -0.262. The molecule has 2 saturated carbocycles. The van der Waals surface area contributed by atoms with Crippen LogP contribution in [0.15, 0.2) is 23.8 Å². The number of carbonyl (C=O) groups is 2. The van der Waals surface area contributed by atoms with Gasteiger partial charge in [-0.25, -0.2) is 0 Å². The second kappa shape index (κ2) is 4.56. The van der Waals surface area contributed by atoms with Crippen molar-refractivity contribution < 1.29 is 14.3 Å². The smallest absolute Gasteiger partial charge is 0.306 e. The molecular formula is C19H24O3. The van der Waals surface area contributed by atoms with E-state index < -0.39 is 0 Å². The number of fused-ring (bicyclic) bond motifs is 5. The summed E-state index contributed by atoms with van der Waals surface area (Å²) < 4.78 is 5.79. The Bertz CT molecular complexity index is 602. The molecule has 0 N–H and O–H groups in total. The summed E-state index contributed by atoms with van der Waals surface area (Å²) >= 11 is 0. The maximum Gasteiger partial charge on any atom is 0.306 e. The van der Waals surface area contributed by atoms with Crippen molar-refractivity contribution >= 4 is 11.8 Å². The van der Waals surface area contributed by atoms with E-state index in [0.717, 1.165) is 32.1 Å². The van der Waals surface area contributed by atoms with Crippen LogP contribution in [-0.4, -0.2) is 17.4 Å². The van der Waals surface area contributed by atoms with Gasteiger partial charge in [0.15, 0.2) is 5.78 Å². The van der Waals surface area contributed by atoms with Crippen molar-refractivity contribution in [1.82, 2.24) is 0 Å². The highest BCUT2D eigenvalue weighted by Crippen LogP contribution is 2.60. The van der Waals surface area contributed by atoms with E-state index in [1.165, 1.54) is 5.57 Å². The van der Waals surface area contributed by atoms with Gasteiger partial charge in [0, 0.05) is 17.8 Å². The van der Waals surface area contributed by atoms with Gasteiger partial charge >= 0.3 is 5.97 Å². The molecule has 3 heteroatoms. The number of esters is 1. The van der Waals surface area contributed by atoms with E-state index in [2.05, 4.69) is 19.9 Å². The lowest BCUT2D eigenvalue weighted by atomic mass is 9.49. The number of hydrogen-bond acceptors (Lipinski definition) is 3. The zero-order valence-corrected chi connectivity index (χ0v) is 13.4. The molecular weight excluding hydrogens is 276 g/mol. The second-order valence-electron chi connectivity index (χ2n) is 7.97. The second-order valence-corrected chi connectivity index (χ2v) is 7.97. The van der Waals surface area contributed by atoms with Crippen molar-refractivity contribution in [1.29, 1.82) is 0 Å². The van der Waals surface area contributed by atoms with E-state index in [0.29, 0.717) is 24.2 Å². The summed E-state index contributed by atoms with van der Waals surface area (Å²) in [7, 11) is 0. The monoisotopic (exact) mass is 300 g/mol. The van der Waals surface area contributed by atoms with Gasteiger partial charge in [-0.15, -0.1) is 0 Å². The Kier molecular flexibility index (Phi) is 2.95. The molecule has 1 heterocycles. The Morgan fingerprint density at radius 3 is 2.73 bits per heavy atom. The van der Waals surface area contributed by atoms with Gasteiger partial charge in [-0.1, -0.05) is 18.6 Å². The molecule has 1 aliphatic heterocycles. The van der Waals surface area contributed by atoms with Crippen LogP contribution in [0.25, 0.3) is 0 Å². The number of hydrogen-bond donors (Lipinski definition) is 0. The third kappa shape index (κ3) is 1.87. The third-order valence-electron chi connectivity index (χ3n) is 6.90. The lowest BCUT2D eigenvalue weighted by Crippen LogP contribution is -2.56. The van der Waals surface area contributed by atoms with Gasteiger partial charge in [-0.2, -0.15) is 0 Å². The lowest BCUT2D eigenvalue weighted by molar-refractivity contribution is -0.192. The van der Waals surface area contributed by atoms with Gasteiger partial charge in [-0.3, -0.25) is 9.59 Å². The molecule has 4 aliphatic rings. The fourth-order valence-corrected chi connectivity index (χ4v) is 5.72. The first-order chi connectivity index (χ1) is 10.4. The Morgan fingerprint density at radius 1 is 1.09 bits per heavy atom. The van der Waals surface area contributed by atoms with Crippen LogP contribution in [-0.2, 0) is 14.3 Å². The van der Waals surface area contributed by atoms with Gasteiger partial charge in [-0.05, 0) is 63.0 Å². The highest BCUT2D eigenvalue weighted by atomic mass is 16.6. The molecule has 0 unspecified atom stereocenters. The molecule has 0 aromatic heterocycles. The standard InChI is InChI=1S/C19H24O3/c1-18-9-7-13(20)11-12(18)3-4-14-15(18)8-10-19(2)16(14)5-6-17(21)22-19/h7,9,11,14-16H,3-6,8,10H2,1-2H3/t14-,15+,16-,18-,19-/m0/s1. The van der Waals surface area contributed by atoms with Crippen molar-refractivity contribution in [3.63, 3.8) is 0 Å². The Labute approximate surface area is 131 Å². The molecule has 3 aliphatic carbocycles. The molecule has 22 heavy (non-hydrogen) atoms. The predicted molar refractivity (Wildman–Crippen MR) is 83.0 cm³/mol. The van der Waals surface area contributed by atoms with E-state index in [-0.39, 0.29) is 22.8 Å². The fraction of sp³-hybridized carbons (Fsp3) is 0.684.